The fourth-order valence-corrected chi connectivity index (χ4v) is 3.93. The molecule has 1 saturated heterocycles. The van der Waals surface area contributed by atoms with Crippen LogP contribution in [0, 0.1) is 11.8 Å². The van der Waals surface area contributed by atoms with Gasteiger partial charge >= 0.3 is 6.09 Å². The third-order valence-electron chi connectivity index (χ3n) is 4.57. The number of fused-ring (bicyclic) bond motifs is 2. The van der Waals surface area contributed by atoms with Crippen LogP contribution in [0.2, 0.25) is 0 Å². The number of carbonyl (C=O) groups is 2. The Labute approximate surface area is 130 Å². The summed E-state index contributed by atoms with van der Waals surface area (Å²) in [5.41, 5.74) is 0. The van der Waals surface area contributed by atoms with Crippen LogP contribution in [0.1, 0.15) is 20.3 Å². The highest BCUT2D eigenvalue weighted by Crippen LogP contribution is 2.42. The van der Waals surface area contributed by atoms with E-state index in [4.69, 9.17) is 4.74 Å². The van der Waals surface area contributed by atoms with E-state index in [1.807, 2.05) is 18.7 Å². The predicted molar refractivity (Wildman–Crippen MR) is 81.3 cm³/mol. The zero-order valence-corrected chi connectivity index (χ0v) is 13.8. The Morgan fingerprint density at radius 1 is 1.33 bits per heavy atom. The molecule has 1 heterocycles. The molecule has 0 aromatic rings. The first-order valence-corrected chi connectivity index (χ1v) is 7.78. The van der Waals surface area contributed by atoms with Gasteiger partial charge in [0.05, 0.1) is 13.2 Å². The molecular weight excluding hydrogens is 292 g/mol. The number of ether oxygens (including phenoxy) is 2. The average molecular weight is 316 g/mol. The van der Waals surface area contributed by atoms with E-state index in [0.29, 0.717) is 6.54 Å². The largest absolute Gasteiger partial charge is 0.453 e. The van der Waals surface area contributed by atoms with Gasteiger partial charge in [-0.1, -0.05) is 13.8 Å². The van der Waals surface area contributed by atoms with E-state index in [0.717, 1.165) is 6.42 Å². The van der Waals surface area contributed by atoms with Crippen LogP contribution in [0.15, 0.2) is 0 Å². The highest BCUT2D eigenvalue weighted by molar-refractivity contribution is 7.81. The van der Waals surface area contributed by atoms with Gasteiger partial charge in [0.25, 0.3) is 0 Å². The van der Waals surface area contributed by atoms with Gasteiger partial charge in [-0.25, -0.2) is 4.79 Å². The summed E-state index contributed by atoms with van der Waals surface area (Å²) in [6.07, 6.45) is 0.403. The van der Waals surface area contributed by atoms with Crippen molar-refractivity contribution in [1.82, 2.24) is 10.2 Å². The van der Waals surface area contributed by atoms with Crippen LogP contribution in [0.5, 0.6) is 0 Å². The van der Waals surface area contributed by atoms with Crippen LogP contribution < -0.4 is 5.32 Å². The highest BCUT2D eigenvalue weighted by atomic mass is 32.1. The lowest BCUT2D eigenvalue weighted by Gasteiger charge is -2.34. The minimum Gasteiger partial charge on any atom is -0.453 e. The Morgan fingerprint density at radius 3 is 2.43 bits per heavy atom. The molecule has 2 amide bonds. The van der Waals surface area contributed by atoms with E-state index in [9.17, 15) is 9.59 Å². The molecule has 1 N–H and O–H groups in total. The first-order chi connectivity index (χ1) is 9.90. The first-order valence-electron chi connectivity index (χ1n) is 7.26. The summed E-state index contributed by atoms with van der Waals surface area (Å²) < 4.78 is 10.1. The molecular formula is C14H24N2O4S. The van der Waals surface area contributed by atoms with E-state index in [1.165, 1.54) is 7.11 Å². The Hall–Kier alpha value is -0.950. The van der Waals surface area contributed by atoms with Gasteiger partial charge in [0, 0.05) is 30.9 Å². The third-order valence-corrected chi connectivity index (χ3v) is 5.30. The first kappa shape index (κ1) is 16.4. The van der Waals surface area contributed by atoms with Gasteiger partial charge in [0.1, 0.15) is 6.04 Å². The van der Waals surface area contributed by atoms with Gasteiger partial charge in [-0.2, -0.15) is 12.6 Å². The van der Waals surface area contributed by atoms with Crippen molar-refractivity contribution >= 4 is 24.6 Å². The van der Waals surface area contributed by atoms with Crippen LogP contribution in [0.25, 0.3) is 0 Å². The van der Waals surface area contributed by atoms with Crippen molar-refractivity contribution in [3.05, 3.63) is 0 Å². The molecule has 2 bridgehead atoms. The SMILES string of the molecule is COC(=O)N[C@H](C(=O)N1C[C@H]2[C@H](OC)CC1[C@@H]2S)C(C)C. The maximum Gasteiger partial charge on any atom is 0.407 e. The topological polar surface area (TPSA) is 67.9 Å². The summed E-state index contributed by atoms with van der Waals surface area (Å²) in [5, 5.41) is 2.78. The molecule has 1 saturated carbocycles. The Morgan fingerprint density at radius 2 is 2.00 bits per heavy atom. The maximum absolute atomic E-state index is 12.7. The number of hydrogen-bond acceptors (Lipinski definition) is 5. The molecule has 0 aromatic heterocycles. The number of likely N-dealkylation sites (tertiary alicyclic amines) is 1. The van der Waals surface area contributed by atoms with Crippen LogP contribution in [-0.4, -0.2) is 61.1 Å². The summed E-state index contributed by atoms with van der Waals surface area (Å²) >= 11 is 4.63. The van der Waals surface area contributed by atoms with Gasteiger partial charge < -0.3 is 19.7 Å². The van der Waals surface area contributed by atoms with Gasteiger partial charge in [-0.15, -0.1) is 0 Å². The molecule has 1 unspecified atom stereocenters. The van der Waals surface area contributed by atoms with Crippen molar-refractivity contribution < 1.29 is 19.1 Å². The zero-order valence-electron chi connectivity index (χ0n) is 12.9. The smallest absolute Gasteiger partial charge is 0.407 e. The molecule has 7 heteroatoms. The standard InChI is InChI=1S/C14H24N2O4S/c1-7(2)11(15-14(18)20-4)13(17)16-6-8-10(19-3)5-9(16)12(8)21/h7-12,21H,5-6H2,1-4H3,(H,15,18)/t8-,9?,10+,11-,12+/m0/s1. The number of carbonyl (C=O) groups excluding carboxylic acids is 2. The number of thiol groups is 1. The second-order valence-electron chi connectivity index (χ2n) is 6.08. The fourth-order valence-electron chi connectivity index (χ4n) is 3.36. The van der Waals surface area contributed by atoms with Crippen molar-refractivity contribution in [2.45, 2.75) is 43.7 Å². The van der Waals surface area contributed by atoms with Crippen LogP contribution in [-0.2, 0) is 14.3 Å². The number of alkyl carbamates (subject to hydrolysis) is 1. The van der Waals surface area contributed by atoms with Crippen LogP contribution >= 0.6 is 12.6 Å². The Balaban J connectivity index is 2.08. The molecule has 2 fully saturated rings. The average Bonchev–Trinajstić information content (AvgIpc) is 2.95. The number of nitrogens with zero attached hydrogens (tertiary/aromatic N) is 1. The number of methoxy groups -OCH3 is 2. The molecule has 0 spiro atoms. The monoisotopic (exact) mass is 316 g/mol. The molecule has 1 aliphatic carbocycles. The molecule has 6 nitrogen and oxygen atoms in total. The lowest BCUT2D eigenvalue weighted by Crippen LogP contribution is -2.54. The molecule has 0 radical (unpaired) electrons. The lowest BCUT2D eigenvalue weighted by molar-refractivity contribution is -0.137. The zero-order chi connectivity index (χ0) is 15.7. The predicted octanol–water partition coefficient (Wildman–Crippen LogP) is 0.911. The van der Waals surface area contributed by atoms with Gasteiger partial charge in [-0.3, -0.25) is 4.79 Å². The summed E-state index contributed by atoms with van der Waals surface area (Å²) in [6, 6.07) is -0.491. The molecule has 2 rings (SSSR count). The Kier molecular flexibility index (Phi) is 5.03. The quantitative estimate of drug-likeness (QED) is 0.757. The normalized spacial score (nSPS) is 32.4. The minimum atomic E-state index is -0.580. The minimum absolute atomic E-state index is 0.00711. The third kappa shape index (κ3) is 2.99. The molecule has 2 aliphatic rings. The number of nitrogens with one attached hydrogen (secondary N) is 1. The van der Waals surface area contributed by atoms with Crippen LogP contribution in [0.4, 0.5) is 4.79 Å². The van der Waals surface area contributed by atoms with Gasteiger partial charge in [-0.05, 0) is 12.3 Å². The number of piperidine rings is 1. The van der Waals surface area contributed by atoms with Crippen molar-refractivity contribution in [3.63, 3.8) is 0 Å². The van der Waals surface area contributed by atoms with Crippen molar-refractivity contribution in [2.75, 3.05) is 20.8 Å². The summed E-state index contributed by atoms with van der Waals surface area (Å²) in [6.45, 7) is 4.45. The number of hydrogen-bond donors (Lipinski definition) is 2. The molecule has 5 atom stereocenters. The second kappa shape index (κ2) is 6.44. The molecule has 120 valence electrons. The van der Waals surface area contributed by atoms with Crippen molar-refractivity contribution in [2.24, 2.45) is 11.8 Å². The summed E-state index contributed by atoms with van der Waals surface area (Å²) in [5.74, 6) is 0.196. The van der Waals surface area contributed by atoms with E-state index in [2.05, 4.69) is 22.7 Å². The van der Waals surface area contributed by atoms with E-state index in [1.54, 1.807) is 7.11 Å². The van der Waals surface area contributed by atoms with Gasteiger partial charge in [0.15, 0.2) is 0 Å². The Bertz CT molecular complexity index is 418. The molecule has 0 aromatic carbocycles. The summed E-state index contributed by atoms with van der Waals surface area (Å²) in [4.78, 5) is 26.0. The van der Waals surface area contributed by atoms with Crippen LogP contribution in [0.3, 0.4) is 0 Å². The number of amides is 2. The maximum atomic E-state index is 12.7. The van der Waals surface area contributed by atoms with E-state index in [-0.39, 0.29) is 35.1 Å². The molecule has 1 aliphatic heterocycles. The van der Waals surface area contributed by atoms with E-state index < -0.39 is 12.1 Å². The number of rotatable bonds is 4. The molecule has 21 heavy (non-hydrogen) atoms. The second-order valence-corrected chi connectivity index (χ2v) is 6.68. The van der Waals surface area contributed by atoms with Crippen molar-refractivity contribution in [1.29, 1.82) is 0 Å². The van der Waals surface area contributed by atoms with Crippen molar-refractivity contribution in [3.8, 4) is 0 Å². The lowest BCUT2D eigenvalue weighted by atomic mass is 10.0. The summed E-state index contributed by atoms with van der Waals surface area (Å²) in [7, 11) is 3.00. The van der Waals surface area contributed by atoms with E-state index >= 15 is 0 Å². The fraction of sp³-hybridized carbons (Fsp3) is 0.857. The highest BCUT2D eigenvalue weighted by Gasteiger charge is 2.53. The van der Waals surface area contributed by atoms with Gasteiger partial charge in [0.2, 0.25) is 5.91 Å².